The molecule has 0 aromatic heterocycles. The molecule has 4 heteroatoms. The maximum Gasteiger partial charge on any atom is 0.213 e. The van der Waals surface area contributed by atoms with Gasteiger partial charge in [0.05, 0.1) is 12.2 Å². The van der Waals surface area contributed by atoms with Gasteiger partial charge in [0.25, 0.3) is 0 Å². The summed E-state index contributed by atoms with van der Waals surface area (Å²) in [4.78, 5) is 24.5. The second-order valence-corrected chi connectivity index (χ2v) is 5.30. The lowest BCUT2D eigenvalue weighted by Crippen LogP contribution is -2.31. The maximum atomic E-state index is 12.6. The van der Waals surface area contributed by atoms with Crippen LogP contribution in [0.25, 0.3) is 0 Å². The molecule has 0 spiro atoms. The molecule has 4 nitrogen and oxygen atoms in total. The van der Waals surface area contributed by atoms with Crippen LogP contribution < -0.4 is 5.01 Å². The van der Waals surface area contributed by atoms with Crippen LogP contribution in [0.2, 0.25) is 0 Å². The first-order valence-corrected chi connectivity index (χ1v) is 7.37. The zero-order valence-corrected chi connectivity index (χ0v) is 12.8. The molecule has 0 radical (unpaired) electrons. The highest BCUT2D eigenvalue weighted by Crippen LogP contribution is 2.20. The van der Waals surface area contributed by atoms with Crippen LogP contribution in [0.1, 0.15) is 17.3 Å². The number of benzene rings is 2. The van der Waals surface area contributed by atoms with E-state index in [1.807, 2.05) is 36.4 Å². The van der Waals surface area contributed by atoms with Crippen LogP contribution in [0, 0.1) is 0 Å². The van der Waals surface area contributed by atoms with Gasteiger partial charge in [0, 0.05) is 11.1 Å². The van der Waals surface area contributed by atoms with Crippen molar-refractivity contribution in [1.29, 1.82) is 0 Å². The van der Waals surface area contributed by atoms with E-state index in [0.717, 1.165) is 5.69 Å². The molecular weight excluding hydrogens is 288 g/mol. The van der Waals surface area contributed by atoms with Crippen molar-refractivity contribution in [3.8, 4) is 0 Å². The standard InChI is InChI=1S/C19H16N2O2/c1-14(22)16-12-18(19(23)15-8-4-2-5-9-15)20-21(13-16)17-10-6-3-7-11-17/h2-12H,13H2,1H3. The Morgan fingerprint density at radius 3 is 2.17 bits per heavy atom. The molecule has 0 fully saturated rings. The average molecular weight is 304 g/mol. The summed E-state index contributed by atoms with van der Waals surface area (Å²) < 4.78 is 0. The first-order chi connectivity index (χ1) is 11.1. The van der Waals surface area contributed by atoms with Crippen LogP contribution in [-0.2, 0) is 4.79 Å². The predicted molar refractivity (Wildman–Crippen MR) is 90.8 cm³/mol. The quantitative estimate of drug-likeness (QED) is 0.815. The Balaban J connectivity index is 2.00. The van der Waals surface area contributed by atoms with Crippen molar-refractivity contribution in [3.05, 3.63) is 77.9 Å². The minimum Gasteiger partial charge on any atom is -0.295 e. The summed E-state index contributed by atoms with van der Waals surface area (Å²) in [5.74, 6) is -0.246. The predicted octanol–water partition coefficient (Wildman–Crippen LogP) is 3.26. The molecule has 0 aliphatic carbocycles. The lowest BCUT2D eigenvalue weighted by atomic mass is 10.0. The van der Waals surface area contributed by atoms with Gasteiger partial charge in [0.15, 0.2) is 5.78 Å². The number of rotatable bonds is 4. The fraction of sp³-hybridized carbons (Fsp3) is 0.105. The number of ketones is 2. The van der Waals surface area contributed by atoms with E-state index in [0.29, 0.717) is 17.7 Å². The summed E-state index contributed by atoms with van der Waals surface area (Å²) >= 11 is 0. The van der Waals surface area contributed by atoms with Gasteiger partial charge in [0.2, 0.25) is 5.78 Å². The number of hydrogen-bond donors (Lipinski definition) is 0. The Hall–Kier alpha value is -3.01. The van der Waals surface area contributed by atoms with Crippen LogP contribution in [0.4, 0.5) is 5.69 Å². The zero-order valence-electron chi connectivity index (χ0n) is 12.8. The number of para-hydroxylation sites is 1. The van der Waals surface area contributed by atoms with E-state index < -0.39 is 0 Å². The zero-order chi connectivity index (χ0) is 16.2. The molecule has 0 atom stereocenters. The van der Waals surface area contributed by atoms with E-state index in [1.54, 1.807) is 35.4 Å². The lowest BCUT2D eigenvalue weighted by Gasteiger charge is -2.24. The monoisotopic (exact) mass is 304 g/mol. The van der Waals surface area contributed by atoms with Crippen LogP contribution in [-0.4, -0.2) is 23.8 Å². The largest absolute Gasteiger partial charge is 0.295 e. The molecule has 0 amide bonds. The van der Waals surface area contributed by atoms with E-state index in [9.17, 15) is 9.59 Å². The number of anilines is 1. The number of Topliss-reactive ketones (excluding diaryl/α,β-unsaturated/α-hetero) is 2. The third-order valence-corrected chi connectivity index (χ3v) is 3.63. The van der Waals surface area contributed by atoms with Gasteiger partial charge in [-0.3, -0.25) is 14.6 Å². The third kappa shape index (κ3) is 3.26. The van der Waals surface area contributed by atoms with E-state index in [2.05, 4.69) is 5.10 Å². The van der Waals surface area contributed by atoms with Crippen LogP contribution in [0.3, 0.4) is 0 Å². The molecular formula is C19H16N2O2. The lowest BCUT2D eigenvalue weighted by molar-refractivity contribution is -0.113. The van der Waals surface area contributed by atoms with E-state index in [-0.39, 0.29) is 17.3 Å². The SMILES string of the molecule is CC(=O)C1=CC(C(=O)c2ccccc2)=NN(c2ccccc2)C1. The second-order valence-electron chi connectivity index (χ2n) is 5.30. The molecule has 0 N–H and O–H groups in total. The molecule has 1 heterocycles. The number of hydrazone groups is 1. The van der Waals surface area contributed by atoms with Crippen molar-refractivity contribution in [2.24, 2.45) is 5.10 Å². The van der Waals surface area contributed by atoms with Gasteiger partial charge in [-0.05, 0) is 25.1 Å². The van der Waals surface area contributed by atoms with Crippen molar-refractivity contribution in [2.45, 2.75) is 6.92 Å². The highest BCUT2D eigenvalue weighted by Gasteiger charge is 2.22. The van der Waals surface area contributed by atoms with E-state index in [4.69, 9.17) is 0 Å². The van der Waals surface area contributed by atoms with Crippen molar-refractivity contribution >= 4 is 23.0 Å². The van der Waals surface area contributed by atoms with E-state index in [1.165, 1.54) is 6.92 Å². The fourth-order valence-corrected chi connectivity index (χ4v) is 2.38. The van der Waals surface area contributed by atoms with Crippen molar-refractivity contribution in [3.63, 3.8) is 0 Å². The second kappa shape index (κ2) is 6.40. The summed E-state index contributed by atoms with van der Waals surface area (Å²) in [6.45, 7) is 1.87. The summed E-state index contributed by atoms with van der Waals surface area (Å²) in [5, 5.41) is 6.12. The molecule has 3 rings (SSSR count). The molecule has 23 heavy (non-hydrogen) atoms. The summed E-state index contributed by atoms with van der Waals surface area (Å²) in [5.41, 5.74) is 2.25. The highest BCUT2D eigenvalue weighted by molar-refractivity contribution is 6.50. The molecule has 0 bridgehead atoms. The Morgan fingerprint density at radius 1 is 0.957 bits per heavy atom. The minimum absolute atomic E-state index is 0.0563. The number of hydrogen-bond acceptors (Lipinski definition) is 4. The first-order valence-electron chi connectivity index (χ1n) is 7.37. The molecule has 1 aliphatic heterocycles. The normalized spacial score (nSPS) is 14.0. The van der Waals surface area contributed by atoms with Gasteiger partial charge in [-0.25, -0.2) is 0 Å². The Bertz CT molecular complexity index is 793. The van der Waals surface area contributed by atoms with Crippen LogP contribution in [0.5, 0.6) is 0 Å². The topological polar surface area (TPSA) is 49.7 Å². The van der Waals surface area contributed by atoms with Gasteiger partial charge in [0.1, 0.15) is 5.71 Å². The smallest absolute Gasteiger partial charge is 0.213 e. The van der Waals surface area contributed by atoms with Crippen molar-refractivity contribution in [2.75, 3.05) is 11.6 Å². The molecule has 0 unspecified atom stereocenters. The summed E-state index contributed by atoms with van der Waals surface area (Å²) in [6.07, 6.45) is 1.59. The molecule has 1 aliphatic rings. The van der Waals surface area contributed by atoms with Crippen molar-refractivity contribution in [1.82, 2.24) is 0 Å². The Kier molecular flexibility index (Phi) is 4.15. The van der Waals surface area contributed by atoms with Crippen molar-refractivity contribution < 1.29 is 9.59 Å². The van der Waals surface area contributed by atoms with Crippen LogP contribution in [0.15, 0.2) is 77.4 Å². The van der Waals surface area contributed by atoms with E-state index >= 15 is 0 Å². The number of carbonyl (C=O) groups is 2. The highest BCUT2D eigenvalue weighted by atomic mass is 16.1. The van der Waals surface area contributed by atoms with Gasteiger partial charge in [-0.1, -0.05) is 48.5 Å². The molecule has 0 saturated carbocycles. The average Bonchev–Trinajstić information content (AvgIpc) is 2.62. The Labute approximate surface area is 134 Å². The number of carbonyl (C=O) groups excluding carboxylic acids is 2. The van der Waals surface area contributed by atoms with Crippen LogP contribution >= 0.6 is 0 Å². The first kappa shape index (κ1) is 14.9. The van der Waals surface area contributed by atoms with Gasteiger partial charge in [-0.2, -0.15) is 5.10 Å². The number of nitrogens with zero attached hydrogens (tertiary/aromatic N) is 2. The molecule has 2 aromatic carbocycles. The molecule has 114 valence electrons. The fourth-order valence-electron chi connectivity index (χ4n) is 2.38. The molecule has 0 saturated heterocycles. The third-order valence-electron chi connectivity index (χ3n) is 3.63. The summed E-state index contributed by atoms with van der Waals surface area (Å²) in [6, 6.07) is 18.5. The Morgan fingerprint density at radius 2 is 1.57 bits per heavy atom. The number of allylic oxidation sites excluding steroid dienone is 1. The molecule has 2 aromatic rings. The van der Waals surface area contributed by atoms with Gasteiger partial charge < -0.3 is 0 Å². The minimum atomic E-state index is -0.190. The summed E-state index contributed by atoms with van der Waals surface area (Å²) in [7, 11) is 0. The van der Waals surface area contributed by atoms with Gasteiger partial charge >= 0.3 is 0 Å². The maximum absolute atomic E-state index is 12.6. The van der Waals surface area contributed by atoms with Gasteiger partial charge in [-0.15, -0.1) is 0 Å².